The number of carbonyl (C=O) groups is 1. The second-order valence-electron chi connectivity index (χ2n) is 5.79. The first-order chi connectivity index (χ1) is 10.1. The van der Waals surface area contributed by atoms with E-state index in [1.807, 2.05) is 17.0 Å². The smallest absolute Gasteiger partial charge is 0.222 e. The summed E-state index contributed by atoms with van der Waals surface area (Å²) in [6.07, 6.45) is 2.80. The van der Waals surface area contributed by atoms with Crippen molar-refractivity contribution in [1.29, 1.82) is 5.26 Å². The first-order valence-corrected chi connectivity index (χ1v) is 7.55. The van der Waals surface area contributed by atoms with Crippen LogP contribution in [0.4, 0.5) is 0 Å². The second-order valence-corrected chi connectivity index (χ2v) is 5.79. The summed E-state index contributed by atoms with van der Waals surface area (Å²) in [7, 11) is 0. The van der Waals surface area contributed by atoms with E-state index in [-0.39, 0.29) is 17.9 Å². The number of rotatable bonds is 4. The van der Waals surface area contributed by atoms with Crippen LogP contribution in [0.15, 0.2) is 24.3 Å². The summed E-state index contributed by atoms with van der Waals surface area (Å²) in [5.41, 5.74) is 1.72. The largest absolute Gasteiger partial charge is 0.393 e. The SMILES string of the molecule is CC(O)C1CCCN(C(=O)CCc2ccc(C#N)cc2)C1. The number of hydrogen-bond donors (Lipinski definition) is 1. The number of amides is 1. The topological polar surface area (TPSA) is 64.3 Å². The van der Waals surface area contributed by atoms with Gasteiger partial charge < -0.3 is 10.0 Å². The zero-order valence-corrected chi connectivity index (χ0v) is 12.5. The molecule has 1 amide bonds. The highest BCUT2D eigenvalue weighted by atomic mass is 16.3. The zero-order valence-electron chi connectivity index (χ0n) is 12.5. The predicted molar refractivity (Wildman–Crippen MR) is 80.5 cm³/mol. The predicted octanol–water partition coefficient (Wildman–Crippen LogP) is 2.11. The van der Waals surface area contributed by atoms with E-state index < -0.39 is 0 Å². The van der Waals surface area contributed by atoms with Crippen molar-refractivity contribution in [3.8, 4) is 6.07 Å². The molecule has 1 aromatic carbocycles. The molecule has 1 aliphatic heterocycles. The summed E-state index contributed by atoms with van der Waals surface area (Å²) >= 11 is 0. The molecular formula is C17H22N2O2. The second kappa shape index (κ2) is 7.24. The Labute approximate surface area is 126 Å². The lowest BCUT2D eigenvalue weighted by molar-refractivity contribution is -0.133. The third-order valence-corrected chi connectivity index (χ3v) is 4.20. The standard InChI is InChI=1S/C17H22N2O2/c1-13(20)16-3-2-10-19(12-16)17(21)9-8-14-4-6-15(11-18)7-5-14/h4-7,13,16,20H,2-3,8-10,12H2,1H3. The number of benzene rings is 1. The monoisotopic (exact) mass is 286 g/mol. The van der Waals surface area contributed by atoms with Crippen LogP contribution in [0.5, 0.6) is 0 Å². The van der Waals surface area contributed by atoms with Crippen LogP contribution in [-0.4, -0.2) is 35.1 Å². The van der Waals surface area contributed by atoms with Gasteiger partial charge in [0.2, 0.25) is 5.91 Å². The molecule has 1 aromatic rings. The van der Waals surface area contributed by atoms with E-state index in [4.69, 9.17) is 5.26 Å². The van der Waals surface area contributed by atoms with Gasteiger partial charge in [0.05, 0.1) is 17.7 Å². The number of piperidine rings is 1. The molecule has 4 nitrogen and oxygen atoms in total. The number of carbonyl (C=O) groups excluding carboxylic acids is 1. The lowest BCUT2D eigenvalue weighted by Gasteiger charge is -2.34. The Bertz CT molecular complexity index is 517. The highest BCUT2D eigenvalue weighted by Gasteiger charge is 2.26. The minimum atomic E-state index is -0.348. The van der Waals surface area contributed by atoms with Crippen molar-refractivity contribution in [2.45, 2.75) is 38.7 Å². The maximum Gasteiger partial charge on any atom is 0.222 e. The van der Waals surface area contributed by atoms with Crippen LogP contribution in [0.3, 0.4) is 0 Å². The Morgan fingerprint density at radius 3 is 2.81 bits per heavy atom. The first kappa shape index (κ1) is 15.5. The third-order valence-electron chi connectivity index (χ3n) is 4.20. The van der Waals surface area contributed by atoms with Gasteiger partial charge in [-0.2, -0.15) is 5.26 Å². The van der Waals surface area contributed by atoms with Gasteiger partial charge in [-0.05, 0) is 43.9 Å². The average Bonchev–Trinajstić information content (AvgIpc) is 2.53. The fourth-order valence-corrected chi connectivity index (χ4v) is 2.79. The van der Waals surface area contributed by atoms with Crippen molar-refractivity contribution in [3.63, 3.8) is 0 Å². The molecule has 1 fully saturated rings. The lowest BCUT2D eigenvalue weighted by atomic mass is 9.93. The molecule has 1 N–H and O–H groups in total. The van der Waals surface area contributed by atoms with Crippen molar-refractivity contribution in [1.82, 2.24) is 4.90 Å². The summed E-state index contributed by atoms with van der Waals surface area (Å²) in [5.74, 6) is 0.363. The van der Waals surface area contributed by atoms with Gasteiger partial charge in [-0.3, -0.25) is 4.79 Å². The van der Waals surface area contributed by atoms with Gasteiger partial charge in [0.1, 0.15) is 0 Å². The molecule has 0 aliphatic carbocycles. The molecule has 1 saturated heterocycles. The Kier molecular flexibility index (Phi) is 5.35. The van der Waals surface area contributed by atoms with Crippen LogP contribution in [0.1, 0.15) is 37.3 Å². The molecule has 2 rings (SSSR count). The van der Waals surface area contributed by atoms with E-state index in [1.165, 1.54) is 0 Å². The van der Waals surface area contributed by atoms with Crippen LogP contribution in [0, 0.1) is 17.2 Å². The van der Waals surface area contributed by atoms with Crippen molar-refractivity contribution in [2.24, 2.45) is 5.92 Å². The van der Waals surface area contributed by atoms with Crippen molar-refractivity contribution in [3.05, 3.63) is 35.4 Å². The minimum Gasteiger partial charge on any atom is -0.393 e. The number of nitrogens with zero attached hydrogens (tertiary/aromatic N) is 2. The molecule has 0 aromatic heterocycles. The van der Waals surface area contributed by atoms with E-state index in [0.29, 0.717) is 24.9 Å². The minimum absolute atomic E-state index is 0.157. The molecule has 0 saturated carbocycles. The van der Waals surface area contributed by atoms with Gasteiger partial charge in [-0.15, -0.1) is 0 Å². The maximum atomic E-state index is 12.3. The molecule has 21 heavy (non-hydrogen) atoms. The van der Waals surface area contributed by atoms with Gasteiger partial charge in [0.15, 0.2) is 0 Å². The number of aliphatic hydroxyl groups excluding tert-OH is 1. The number of aliphatic hydroxyl groups is 1. The van der Waals surface area contributed by atoms with Crippen LogP contribution < -0.4 is 0 Å². The quantitative estimate of drug-likeness (QED) is 0.922. The van der Waals surface area contributed by atoms with Gasteiger partial charge in [-0.25, -0.2) is 0 Å². The molecule has 0 radical (unpaired) electrons. The molecule has 0 spiro atoms. The summed E-state index contributed by atoms with van der Waals surface area (Å²) in [6, 6.07) is 9.46. The van der Waals surface area contributed by atoms with Gasteiger partial charge in [-0.1, -0.05) is 12.1 Å². The van der Waals surface area contributed by atoms with Gasteiger partial charge in [0.25, 0.3) is 0 Å². The van der Waals surface area contributed by atoms with Crippen molar-refractivity contribution >= 4 is 5.91 Å². The Morgan fingerprint density at radius 1 is 1.48 bits per heavy atom. The summed E-state index contributed by atoms with van der Waals surface area (Å²) in [6.45, 7) is 3.27. The summed E-state index contributed by atoms with van der Waals surface area (Å²) in [5, 5.41) is 18.4. The highest BCUT2D eigenvalue weighted by Crippen LogP contribution is 2.20. The van der Waals surface area contributed by atoms with E-state index in [9.17, 15) is 9.90 Å². The fraction of sp³-hybridized carbons (Fsp3) is 0.529. The summed E-state index contributed by atoms with van der Waals surface area (Å²) in [4.78, 5) is 14.1. The molecule has 4 heteroatoms. The first-order valence-electron chi connectivity index (χ1n) is 7.55. The van der Waals surface area contributed by atoms with Crippen LogP contribution >= 0.6 is 0 Å². The number of nitriles is 1. The van der Waals surface area contributed by atoms with Gasteiger partial charge >= 0.3 is 0 Å². The molecular weight excluding hydrogens is 264 g/mol. The molecule has 112 valence electrons. The number of likely N-dealkylation sites (tertiary alicyclic amines) is 1. The van der Waals surface area contributed by atoms with Crippen molar-refractivity contribution in [2.75, 3.05) is 13.1 Å². The Balaban J connectivity index is 1.85. The summed E-state index contributed by atoms with van der Waals surface area (Å²) < 4.78 is 0. The van der Waals surface area contributed by atoms with E-state index in [2.05, 4.69) is 6.07 Å². The molecule has 1 heterocycles. The van der Waals surface area contributed by atoms with Crippen LogP contribution in [-0.2, 0) is 11.2 Å². The lowest BCUT2D eigenvalue weighted by Crippen LogP contribution is -2.43. The number of hydrogen-bond acceptors (Lipinski definition) is 3. The number of aryl methyl sites for hydroxylation is 1. The maximum absolute atomic E-state index is 12.3. The van der Waals surface area contributed by atoms with Crippen molar-refractivity contribution < 1.29 is 9.90 Å². The third kappa shape index (κ3) is 4.30. The van der Waals surface area contributed by atoms with Gasteiger partial charge in [0, 0.05) is 25.4 Å². The van der Waals surface area contributed by atoms with E-state index in [1.54, 1.807) is 19.1 Å². The van der Waals surface area contributed by atoms with E-state index >= 15 is 0 Å². The molecule has 2 unspecified atom stereocenters. The fourth-order valence-electron chi connectivity index (χ4n) is 2.79. The molecule has 0 bridgehead atoms. The Hall–Kier alpha value is -1.86. The normalized spacial score (nSPS) is 19.9. The molecule has 1 aliphatic rings. The average molecular weight is 286 g/mol. The van der Waals surface area contributed by atoms with E-state index in [0.717, 1.165) is 24.9 Å². The van der Waals surface area contributed by atoms with Crippen LogP contribution in [0.25, 0.3) is 0 Å². The highest BCUT2D eigenvalue weighted by molar-refractivity contribution is 5.76. The zero-order chi connectivity index (χ0) is 15.2. The Morgan fingerprint density at radius 2 is 2.19 bits per heavy atom. The molecule has 2 atom stereocenters. The van der Waals surface area contributed by atoms with Crippen LogP contribution in [0.2, 0.25) is 0 Å².